The first-order valence-electron chi connectivity index (χ1n) is 20.1. The second-order valence-corrected chi connectivity index (χ2v) is 16.8. The molecular formula is C46H48ClFN6O5. The highest BCUT2D eigenvalue weighted by Crippen LogP contribution is 2.55. The van der Waals surface area contributed by atoms with E-state index >= 15 is 4.39 Å². The standard InChI is InChI=1S/C46H48ClFN6O5/c1-53(46-15-12-45(13-16-46,14-17-46)44(56)57)26-31-18-29(22-49)30(21-40(31)58-2)27-54-39-9-5-7-34(36(39)25-51-54)35-8-4-6-33(43(35)47)28-19-38(48)37(41(20-28)59-3)24-50-23-32-10-11-42(55)52-32/h4-9,18-21,25,32,50H,10-17,23-24,26-27H2,1-3H3,(H,52,55)(H,56,57)/t32-,45-,46-/m0/s1. The van der Waals surface area contributed by atoms with E-state index < -0.39 is 17.2 Å². The lowest BCUT2D eigenvalue weighted by Crippen LogP contribution is -2.56. The fourth-order valence-electron chi connectivity index (χ4n) is 9.61. The van der Waals surface area contributed by atoms with E-state index in [9.17, 15) is 20.0 Å². The van der Waals surface area contributed by atoms with Gasteiger partial charge in [0.05, 0.1) is 54.5 Å². The molecule has 1 aliphatic heterocycles. The van der Waals surface area contributed by atoms with Crippen molar-refractivity contribution in [1.29, 1.82) is 5.26 Å². The smallest absolute Gasteiger partial charge is 0.309 e. The fraction of sp³-hybridized carbons (Fsp3) is 0.391. The van der Waals surface area contributed by atoms with Crippen LogP contribution in [0.1, 0.15) is 73.6 Å². The molecule has 0 spiro atoms. The molecule has 0 unspecified atom stereocenters. The number of carboxylic acid groups (broad SMARTS) is 1. The van der Waals surface area contributed by atoms with Crippen LogP contribution in [0.4, 0.5) is 4.39 Å². The van der Waals surface area contributed by atoms with Crippen molar-refractivity contribution in [3.63, 3.8) is 0 Å². The van der Waals surface area contributed by atoms with Gasteiger partial charge in [-0.05, 0) is 99.0 Å². The van der Waals surface area contributed by atoms with Crippen LogP contribution in [-0.4, -0.2) is 71.1 Å². The third-order valence-electron chi connectivity index (χ3n) is 13.3. The van der Waals surface area contributed by atoms with Crippen LogP contribution < -0.4 is 20.1 Å². The molecule has 0 radical (unpaired) electrons. The van der Waals surface area contributed by atoms with Crippen molar-refractivity contribution >= 4 is 34.4 Å². The van der Waals surface area contributed by atoms with Crippen LogP contribution in [0.3, 0.4) is 0 Å². The number of nitriles is 1. The third kappa shape index (κ3) is 7.52. The van der Waals surface area contributed by atoms with Crippen LogP contribution in [0.5, 0.6) is 11.5 Å². The molecule has 3 saturated carbocycles. The Balaban J connectivity index is 1.03. The molecule has 1 aromatic heterocycles. The minimum absolute atomic E-state index is 0.0252. The quantitative estimate of drug-likeness (QED) is 0.101. The van der Waals surface area contributed by atoms with Gasteiger partial charge in [0.2, 0.25) is 5.91 Å². The van der Waals surface area contributed by atoms with Crippen molar-refractivity contribution < 1.29 is 28.6 Å². The normalized spacial score (nSPS) is 21.2. The average Bonchev–Trinajstić information content (AvgIpc) is 3.87. The zero-order chi connectivity index (χ0) is 41.5. The second kappa shape index (κ2) is 16.3. The molecule has 306 valence electrons. The fourth-order valence-corrected chi connectivity index (χ4v) is 9.95. The number of aromatic nitrogens is 2. The van der Waals surface area contributed by atoms with Gasteiger partial charge in [-0.2, -0.15) is 10.4 Å². The summed E-state index contributed by atoms with van der Waals surface area (Å²) in [5, 5.41) is 32.5. The van der Waals surface area contributed by atoms with E-state index in [1.807, 2.05) is 53.2 Å². The molecule has 4 aromatic carbocycles. The number of carbonyl (C=O) groups excluding carboxylic acids is 1. The monoisotopic (exact) mass is 818 g/mol. The van der Waals surface area contributed by atoms with Crippen molar-refractivity contribution in [2.45, 2.75) is 82.6 Å². The topological polar surface area (TPSA) is 142 Å². The number of hydrogen-bond acceptors (Lipinski definition) is 8. The number of nitrogens with zero attached hydrogens (tertiary/aromatic N) is 4. The molecule has 4 aliphatic rings. The van der Waals surface area contributed by atoms with Gasteiger partial charge in [0.1, 0.15) is 17.3 Å². The molecule has 5 aromatic rings. The summed E-state index contributed by atoms with van der Waals surface area (Å²) in [5.41, 5.74) is 5.65. The molecule has 9 rings (SSSR count). The maximum atomic E-state index is 15.7. The summed E-state index contributed by atoms with van der Waals surface area (Å²) in [6, 6.07) is 21.1. The van der Waals surface area contributed by atoms with Crippen LogP contribution in [-0.2, 0) is 29.2 Å². The Morgan fingerprint density at radius 2 is 1.75 bits per heavy atom. The van der Waals surface area contributed by atoms with Crippen LogP contribution in [0.2, 0.25) is 5.02 Å². The number of carboxylic acids is 1. The zero-order valence-corrected chi connectivity index (χ0v) is 34.3. The summed E-state index contributed by atoms with van der Waals surface area (Å²) in [6.07, 6.45) is 7.65. The molecule has 3 aliphatic carbocycles. The molecule has 3 N–H and O–H groups in total. The highest BCUT2D eigenvalue weighted by atomic mass is 35.5. The molecule has 2 heterocycles. The van der Waals surface area contributed by atoms with E-state index in [0.717, 1.165) is 58.8 Å². The molecule has 11 nitrogen and oxygen atoms in total. The third-order valence-corrected chi connectivity index (χ3v) is 13.7. The summed E-state index contributed by atoms with van der Waals surface area (Å²) in [7, 11) is 5.25. The van der Waals surface area contributed by atoms with Gasteiger partial charge in [0.25, 0.3) is 0 Å². The second-order valence-electron chi connectivity index (χ2n) is 16.4. The van der Waals surface area contributed by atoms with Crippen LogP contribution >= 0.6 is 11.6 Å². The van der Waals surface area contributed by atoms with E-state index in [1.54, 1.807) is 19.4 Å². The Hall–Kier alpha value is -5.48. The number of hydrogen-bond donors (Lipinski definition) is 3. The highest BCUT2D eigenvalue weighted by Gasteiger charge is 2.54. The van der Waals surface area contributed by atoms with E-state index in [4.69, 9.17) is 26.2 Å². The maximum Gasteiger partial charge on any atom is 0.309 e. The van der Waals surface area contributed by atoms with E-state index in [-0.39, 0.29) is 24.0 Å². The lowest BCUT2D eigenvalue weighted by molar-refractivity contribution is -0.160. The van der Waals surface area contributed by atoms with Crippen molar-refractivity contribution in [3.05, 3.63) is 100.0 Å². The summed E-state index contributed by atoms with van der Waals surface area (Å²) >= 11 is 7.17. The predicted octanol–water partition coefficient (Wildman–Crippen LogP) is 8.08. The average molecular weight is 819 g/mol. The first-order chi connectivity index (χ1) is 28.5. The van der Waals surface area contributed by atoms with E-state index in [1.165, 1.54) is 13.2 Å². The Bertz CT molecular complexity index is 2470. The van der Waals surface area contributed by atoms with Crippen molar-refractivity contribution in [1.82, 2.24) is 25.3 Å². The van der Waals surface area contributed by atoms with E-state index in [0.29, 0.717) is 84.1 Å². The lowest BCUT2D eigenvalue weighted by atomic mass is 9.57. The Kier molecular flexibility index (Phi) is 11.1. The highest BCUT2D eigenvalue weighted by molar-refractivity contribution is 6.36. The number of methoxy groups -OCH3 is 2. The number of carbonyl (C=O) groups is 2. The maximum absolute atomic E-state index is 15.7. The largest absolute Gasteiger partial charge is 0.496 e. The number of nitrogens with one attached hydrogen (secondary N) is 2. The molecule has 4 fully saturated rings. The minimum atomic E-state index is -0.668. The van der Waals surface area contributed by atoms with E-state index in [2.05, 4.69) is 28.7 Å². The van der Waals surface area contributed by atoms with Gasteiger partial charge in [-0.25, -0.2) is 4.39 Å². The first kappa shape index (κ1) is 40.3. The van der Waals surface area contributed by atoms with Gasteiger partial charge in [-0.3, -0.25) is 19.2 Å². The lowest BCUT2D eigenvalue weighted by Gasteiger charge is -2.55. The Morgan fingerprint density at radius 1 is 1.03 bits per heavy atom. The predicted molar refractivity (Wildman–Crippen MR) is 224 cm³/mol. The van der Waals surface area contributed by atoms with Gasteiger partial charge in [0, 0.05) is 65.3 Å². The number of ether oxygens (including phenoxy) is 2. The number of rotatable bonds is 14. The number of benzene rings is 4. The molecule has 1 atom stereocenters. The molecule has 1 amide bonds. The number of fused-ring (bicyclic) bond motifs is 4. The molecule has 59 heavy (non-hydrogen) atoms. The molecular weight excluding hydrogens is 771 g/mol. The van der Waals surface area contributed by atoms with Crippen molar-refractivity contribution in [3.8, 4) is 39.8 Å². The molecule has 13 heteroatoms. The Labute approximate surface area is 348 Å². The minimum Gasteiger partial charge on any atom is -0.496 e. The summed E-state index contributed by atoms with van der Waals surface area (Å²) in [6.45, 7) is 1.68. The number of aliphatic carboxylic acids is 1. The Morgan fingerprint density at radius 3 is 2.42 bits per heavy atom. The summed E-state index contributed by atoms with van der Waals surface area (Å²) < 4.78 is 29.1. The van der Waals surface area contributed by atoms with Crippen LogP contribution in [0.25, 0.3) is 33.2 Å². The van der Waals surface area contributed by atoms with Gasteiger partial charge in [0.15, 0.2) is 0 Å². The van der Waals surface area contributed by atoms with Crippen molar-refractivity contribution in [2.75, 3.05) is 27.8 Å². The van der Waals surface area contributed by atoms with Crippen LogP contribution in [0.15, 0.2) is 66.9 Å². The SMILES string of the molecule is COc1cc(Cn2ncc3c(-c4cccc(-c5cc(F)c(CNC[C@@H]6CCC(=O)N6)c(OC)c5)c4Cl)cccc32)c(C#N)cc1CN(C)[C@]12CC[C@@](C(=O)O)(CC1)CC2. The number of amides is 1. The van der Waals surface area contributed by atoms with Crippen molar-refractivity contribution in [2.24, 2.45) is 5.41 Å². The van der Waals surface area contributed by atoms with Gasteiger partial charge in [-0.1, -0.05) is 41.9 Å². The summed E-state index contributed by atoms with van der Waals surface area (Å²) in [4.78, 5) is 25.9. The molecule has 2 bridgehead atoms. The molecule has 1 saturated heterocycles. The zero-order valence-electron chi connectivity index (χ0n) is 33.5. The van der Waals surface area contributed by atoms with Gasteiger partial charge >= 0.3 is 5.97 Å². The number of halogens is 2. The van der Waals surface area contributed by atoms with Gasteiger partial charge < -0.3 is 25.2 Å². The summed E-state index contributed by atoms with van der Waals surface area (Å²) in [5.74, 6) is 0.0250. The first-order valence-corrected chi connectivity index (χ1v) is 20.5. The van der Waals surface area contributed by atoms with Crippen LogP contribution in [0, 0.1) is 22.6 Å². The van der Waals surface area contributed by atoms with Gasteiger partial charge in [-0.15, -0.1) is 0 Å².